The van der Waals surface area contributed by atoms with Gasteiger partial charge in [0.1, 0.15) is 5.69 Å². The van der Waals surface area contributed by atoms with Crippen molar-refractivity contribution in [2.45, 2.75) is 13.0 Å². The summed E-state index contributed by atoms with van der Waals surface area (Å²) in [5, 5.41) is 11.2. The first-order valence-corrected chi connectivity index (χ1v) is 6.94. The van der Waals surface area contributed by atoms with Crippen LogP contribution in [0.25, 0.3) is 11.5 Å². The van der Waals surface area contributed by atoms with E-state index < -0.39 is 16.1 Å². The molecule has 2 rings (SSSR count). The fourth-order valence-electron chi connectivity index (χ4n) is 1.31. The minimum atomic E-state index is -3.33. The van der Waals surface area contributed by atoms with Gasteiger partial charge in [0.15, 0.2) is 0 Å². The van der Waals surface area contributed by atoms with Gasteiger partial charge < -0.3 is 4.52 Å². The Bertz CT molecular complexity index is 625. The van der Waals surface area contributed by atoms with Crippen molar-refractivity contribution in [3.05, 3.63) is 24.2 Å². The van der Waals surface area contributed by atoms with Crippen LogP contribution in [0.4, 0.5) is 0 Å². The van der Waals surface area contributed by atoms with Gasteiger partial charge in [0, 0.05) is 6.20 Å². The number of aromatic nitrogens is 4. The molecule has 18 heavy (non-hydrogen) atoms. The highest BCUT2D eigenvalue weighted by molar-refractivity contribution is 7.88. The molecule has 0 saturated carbocycles. The Labute approximate surface area is 103 Å². The summed E-state index contributed by atoms with van der Waals surface area (Å²) in [5.74, 6) is 0.432. The Morgan fingerprint density at radius 1 is 1.44 bits per heavy atom. The van der Waals surface area contributed by atoms with Crippen molar-refractivity contribution in [1.82, 2.24) is 25.1 Å². The predicted molar refractivity (Wildman–Crippen MR) is 61.7 cm³/mol. The quantitative estimate of drug-likeness (QED) is 0.840. The Kier molecular flexibility index (Phi) is 3.34. The first kappa shape index (κ1) is 12.6. The Balaban J connectivity index is 2.21. The zero-order chi connectivity index (χ0) is 13.2. The zero-order valence-corrected chi connectivity index (χ0v) is 10.5. The highest BCUT2D eigenvalue weighted by Crippen LogP contribution is 2.16. The van der Waals surface area contributed by atoms with Gasteiger partial charge in [-0.1, -0.05) is 5.16 Å². The topological polar surface area (TPSA) is 111 Å². The van der Waals surface area contributed by atoms with Crippen molar-refractivity contribution in [3.8, 4) is 11.5 Å². The highest BCUT2D eigenvalue weighted by atomic mass is 32.2. The summed E-state index contributed by atoms with van der Waals surface area (Å²) in [6, 6.07) is 2.77. The molecule has 96 valence electrons. The van der Waals surface area contributed by atoms with Gasteiger partial charge in [0.05, 0.1) is 12.3 Å². The lowest BCUT2D eigenvalue weighted by Gasteiger charge is -2.05. The average molecular weight is 269 g/mol. The van der Waals surface area contributed by atoms with Crippen LogP contribution in [0.3, 0.4) is 0 Å². The molecule has 0 bridgehead atoms. The lowest BCUT2D eigenvalue weighted by Crippen LogP contribution is -2.25. The van der Waals surface area contributed by atoms with Crippen LogP contribution in [-0.4, -0.2) is 35.0 Å². The maximum absolute atomic E-state index is 11.1. The van der Waals surface area contributed by atoms with Gasteiger partial charge in [0.25, 0.3) is 0 Å². The minimum Gasteiger partial charge on any atom is -0.337 e. The molecule has 0 aliphatic rings. The van der Waals surface area contributed by atoms with Gasteiger partial charge in [-0.3, -0.25) is 0 Å². The van der Waals surface area contributed by atoms with Crippen LogP contribution in [0.2, 0.25) is 0 Å². The lowest BCUT2D eigenvalue weighted by molar-refractivity contribution is 0.354. The number of sulfonamides is 1. The third-order valence-corrected chi connectivity index (χ3v) is 2.79. The maximum Gasteiger partial charge on any atom is 0.244 e. The molecule has 0 aliphatic heterocycles. The van der Waals surface area contributed by atoms with Gasteiger partial charge in [-0.05, 0) is 19.1 Å². The first-order chi connectivity index (χ1) is 8.46. The summed E-state index contributed by atoms with van der Waals surface area (Å²) < 4.78 is 29.4. The normalized spacial score (nSPS) is 13.4. The first-order valence-electron chi connectivity index (χ1n) is 5.05. The molecule has 1 atom stereocenters. The van der Waals surface area contributed by atoms with Gasteiger partial charge in [-0.15, -0.1) is 5.10 Å². The van der Waals surface area contributed by atoms with Crippen molar-refractivity contribution < 1.29 is 12.9 Å². The van der Waals surface area contributed by atoms with Crippen molar-refractivity contribution in [2.24, 2.45) is 0 Å². The minimum absolute atomic E-state index is 0.168. The summed E-state index contributed by atoms with van der Waals surface area (Å²) in [6.45, 7) is 1.61. The van der Waals surface area contributed by atoms with Gasteiger partial charge in [0.2, 0.25) is 21.7 Å². The molecular formula is C9H11N5O3S. The molecule has 0 unspecified atom stereocenters. The van der Waals surface area contributed by atoms with Crippen LogP contribution >= 0.6 is 0 Å². The SMILES string of the molecule is C[C@H](NS(C)(=O)=O)c1nc(-c2cccnn2)no1. The van der Waals surface area contributed by atoms with Crippen LogP contribution in [0.5, 0.6) is 0 Å². The van der Waals surface area contributed by atoms with Crippen molar-refractivity contribution in [3.63, 3.8) is 0 Å². The van der Waals surface area contributed by atoms with Gasteiger partial charge >= 0.3 is 0 Å². The molecule has 0 amide bonds. The monoisotopic (exact) mass is 269 g/mol. The Morgan fingerprint density at radius 3 is 2.83 bits per heavy atom. The summed E-state index contributed by atoms with van der Waals surface area (Å²) in [6.07, 6.45) is 2.59. The van der Waals surface area contributed by atoms with E-state index in [0.29, 0.717) is 5.69 Å². The molecule has 1 N–H and O–H groups in total. The average Bonchev–Trinajstić information content (AvgIpc) is 2.77. The lowest BCUT2D eigenvalue weighted by atomic mass is 10.3. The van der Waals surface area contributed by atoms with E-state index in [0.717, 1.165) is 6.26 Å². The third-order valence-electron chi connectivity index (χ3n) is 2.00. The zero-order valence-electron chi connectivity index (χ0n) is 9.73. The van der Waals surface area contributed by atoms with Crippen LogP contribution in [0.15, 0.2) is 22.9 Å². The second-order valence-electron chi connectivity index (χ2n) is 3.68. The molecule has 0 fully saturated rings. The van der Waals surface area contributed by atoms with E-state index >= 15 is 0 Å². The van der Waals surface area contributed by atoms with Crippen LogP contribution < -0.4 is 4.72 Å². The van der Waals surface area contributed by atoms with E-state index in [1.807, 2.05) is 0 Å². The Morgan fingerprint density at radius 2 is 2.22 bits per heavy atom. The number of hydrogen-bond donors (Lipinski definition) is 1. The molecule has 2 aromatic heterocycles. The fraction of sp³-hybridized carbons (Fsp3) is 0.333. The molecule has 9 heteroatoms. The van der Waals surface area contributed by atoms with E-state index in [-0.39, 0.29) is 11.7 Å². The van der Waals surface area contributed by atoms with Crippen molar-refractivity contribution in [1.29, 1.82) is 0 Å². The smallest absolute Gasteiger partial charge is 0.244 e. The predicted octanol–water partition coefficient (Wildman–Crippen LogP) is 0.137. The summed E-state index contributed by atoms with van der Waals surface area (Å²) in [4.78, 5) is 4.06. The van der Waals surface area contributed by atoms with Gasteiger partial charge in [-0.25, -0.2) is 13.1 Å². The molecule has 0 aliphatic carbocycles. The largest absolute Gasteiger partial charge is 0.337 e. The van der Waals surface area contributed by atoms with Crippen molar-refractivity contribution >= 4 is 10.0 Å². The van der Waals surface area contributed by atoms with E-state index in [2.05, 4.69) is 25.1 Å². The van der Waals surface area contributed by atoms with E-state index in [1.165, 1.54) is 6.20 Å². The molecule has 0 radical (unpaired) electrons. The molecule has 0 spiro atoms. The van der Waals surface area contributed by atoms with E-state index in [9.17, 15) is 8.42 Å². The second-order valence-corrected chi connectivity index (χ2v) is 5.46. The Hall–Kier alpha value is -1.87. The van der Waals surface area contributed by atoms with E-state index in [4.69, 9.17) is 4.52 Å². The molecule has 0 saturated heterocycles. The standard InChI is InChI=1S/C9H11N5O3S/c1-6(14-18(2,15)16)9-11-8(13-17-9)7-4-3-5-10-12-7/h3-6,14H,1-2H3/t6-/m0/s1. The second kappa shape index (κ2) is 4.78. The summed E-state index contributed by atoms with van der Waals surface area (Å²) in [5.41, 5.74) is 0.457. The fourth-order valence-corrected chi connectivity index (χ4v) is 2.05. The summed E-state index contributed by atoms with van der Waals surface area (Å²) in [7, 11) is -3.33. The number of rotatable bonds is 4. The van der Waals surface area contributed by atoms with Crippen LogP contribution in [0, 0.1) is 0 Å². The number of nitrogens with one attached hydrogen (secondary N) is 1. The molecule has 2 aromatic rings. The molecule has 0 aromatic carbocycles. The van der Waals surface area contributed by atoms with Crippen LogP contribution in [0.1, 0.15) is 18.9 Å². The number of hydrogen-bond acceptors (Lipinski definition) is 7. The van der Waals surface area contributed by atoms with Gasteiger partial charge in [-0.2, -0.15) is 10.1 Å². The molecule has 8 nitrogen and oxygen atoms in total. The highest BCUT2D eigenvalue weighted by Gasteiger charge is 2.18. The van der Waals surface area contributed by atoms with Crippen LogP contribution in [-0.2, 0) is 10.0 Å². The maximum atomic E-state index is 11.1. The number of nitrogens with zero attached hydrogens (tertiary/aromatic N) is 4. The molecular weight excluding hydrogens is 258 g/mol. The summed E-state index contributed by atoms with van der Waals surface area (Å²) >= 11 is 0. The van der Waals surface area contributed by atoms with Crippen molar-refractivity contribution in [2.75, 3.05) is 6.26 Å². The third kappa shape index (κ3) is 3.08. The molecule has 2 heterocycles. The van der Waals surface area contributed by atoms with E-state index in [1.54, 1.807) is 19.1 Å².